The molecule has 0 fully saturated rings. The highest BCUT2D eigenvalue weighted by atomic mass is 79.9. The monoisotopic (exact) mass is 538 g/mol. The SMILES string of the molecule is CCc1ccccc1NC(=O)/C(C#N)=C/c1ccc(OCc2ccc(Br)cc2)c(Br)c1. The first-order valence-corrected chi connectivity index (χ1v) is 11.3. The highest BCUT2D eigenvalue weighted by molar-refractivity contribution is 9.10. The predicted octanol–water partition coefficient (Wildman–Crippen LogP) is 6.90. The summed E-state index contributed by atoms with van der Waals surface area (Å²) >= 11 is 6.93. The van der Waals surface area contributed by atoms with Crippen LogP contribution >= 0.6 is 31.9 Å². The third kappa shape index (κ3) is 6.30. The van der Waals surface area contributed by atoms with Gasteiger partial charge in [0, 0.05) is 10.2 Å². The van der Waals surface area contributed by atoms with E-state index in [9.17, 15) is 10.1 Å². The zero-order valence-corrected chi connectivity index (χ0v) is 20.0. The third-order valence-electron chi connectivity index (χ3n) is 4.59. The highest BCUT2D eigenvalue weighted by Crippen LogP contribution is 2.28. The summed E-state index contributed by atoms with van der Waals surface area (Å²) in [6, 6.07) is 22.9. The number of benzene rings is 3. The van der Waals surface area contributed by atoms with Crippen LogP contribution in [0.4, 0.5) is 5.69 Å². The van der Waals surface area contributed by atoms with Gasteiger partial charge in [-0.3, -0.25) is 4.79 Å². The molecule has 3 aromatic rings. The number of nitriles is 1. The number of nitrogens with one attached hydrogen (secondary N) is 1. The van der Waals surface area contributed by atoms with Crippen molar-refractivity contribution in [3.63, 3.8) is 0 Å². The lowest BCUT2D eigenvalue weighted by Gasteiger charge is -2.10. The lowest BCUT2D eigenvalue weighted by atomic mass is 10.1. The van der Waals surface area contributed by atoms with E-state index in [1.54, 1.807) is 6.08 Å². The van der Waals surface area contributed by atoms with Crippen molar-refractivity contribution in [2.75, 3.05) is 5.32 Å². The Kier molecular flexibility index (Phi) is 8.05. The fraction of sp³-hybridized carbons (Fsp3) is 0.120. The fourth-order valence-electron chi connectivity index (χ4n) is 2.92. The summed E-state index contributed by atoms with van der Waals surface area (Å²) in [7, 11) is 0. The van der Waals surface area contributed by atoms with E-state index in [0.717, 1.165) is 32.1 Å². The van der Waals surface area contributed by atoms with Crippen LogP contribution in [0.15, 0.2) is 81.2 Å². The van der Waals surface area contributed by atoms with Crippen molar-refractivity contribution in [1.82, 2.24) is 0 Å². The summed E-state index contributed by atoms with van der Waals surface area (Å²) in [4.78, 5) is 12.6. The molecule has 0 saturated carbocycles. The van der Waals surface area contributed by atoms with Crippen molar-refractivity contribution in [1.29, 1.82) is 5.26 Å². The molecule has 0 atom stereocenters. The molecule has 156 valence electrons. The average molecular weight is 540 g/mol. The summed E-state index contributed by atoms with van der Waals surface area (Å²) in [5.74, 6) is 0.245. The van der Waals surface area contributed by atoms with Crippen LogP contribution in [0.2, 0.25) is 0 Å². The summed E-state index contributed by atoms with van der Waals surface area (Å²) in [6.45, 7) is 2.45. The molecule has 0 bridgehead atoms. The van der Waals surface area contributed by atoms with Crippen LogP contribution < -0.4 is 10.1 Å². The van der Waals surface area contributed by atoms with Gasteiger partial charge in [0.05, 0.1) is 4.47 Å². The summed E-state index contributed by atoms with van der Waals surface area (Å²) < 4.78 is 7.63. The van der Waals surface area contributed by atoms with Gasteiger partial charge >= 0.3 is 0 Å². The van der Waals surface area contributed by atoms with Gasteiger partial charge in [0.1, 0.15) is 24.0 Å². The maximum atomic E-state index is 12.6. The number of hydrogen-bond donors (Lipinski definition) is 1. The highest BCUT2D eigenvalue weighted by Gasteiger charge is 2.12. The molecule has 0 aliphatic carbocycles. The first kappa shape index (κ1) is 22.8. The van der Waals surface area contributed by atoms with Crippen LogP contribution in [-0.2, 0) is 17.8 Å². The van der Waals surface area contributed by atoms with Crippen molar-refractivity contribution in [2.45, 2.75) is 20.0 Å². The molecular weight excluding hydrogens is 520 g/mol. The lowest BCUT2D eigenvalue weighted by molar-refractivity contribution is -0.112. The molecule has 0 aliphatic rings. The summed E-state index contributed by atoms with van der Waals surface area (Å²) in [5.41, 5.74) is 3.53. The van der Waals surface area contributed by atoms with Crippen LogP contribution in [-0.4, -0.2) is 5.91 Å². The van der Waals surface area contributed by atoms with Crippen molar-refractivity contribution in [3.8, 4) is 11.8 Å². The minimum Gasteiger partial charge on any atom is -0.488 e. The summed E-state index contributed by atoms with van der Waals surface area (Å²) in [6.07, 6.45) is 2.35. The number of nitrogens with zero attached hydrogens (tertiary/aromatic N) is 1. The molecule has 31 heavy (non-hydrogen) atoms. The zero-order valence-electron chi connectivity index (χ0n) is 16.9. The van der Waals surface area contributed by atoms with Crippen LogP contribution in [0, 0.1) is 11.3 Å². The molecular formula is C25H20Br2N2O2. The molecule has 6 heteroatoms. The maximum absolute atomic E-state index is 12.6. The standard InChI is InChI=1S/C25H20Br2N2O2/c1-2-19-5-3-4-6-23(19)29-25(30)20(15-28)13-18-9-12-24(22(27)14-18)31-16-17-7-10-21(26)11-8-17/h3-14H,2,16H2,1H3,(H,29,30)/b20-13+. The quantitative estimate of drug-likeness (QED) is 0.262. The van der Waals surface area contributed by atoms with E-state index in [4.69, 9.17) is 4.74 Å². The maximum Gasteiger partial charge on any atom is 0.266 e. The smallest absolute Gasteiger partial charge is 0.266 e. The number of carbonyl (C=O) groups excluding carboxylic acids is 1. The normalized spacial score (nSPS) is 11.0. The Hall–Kier alpha value is -2.88. The number of aryl methyl sites for hydroxylation is 1. The van der Waals surface area contributed by atoms with Crippen LogP contribution in [0.25, 0.3) is 6.08 Å². The van der Waals surface area contributed by atoms with Crippen molar-refractivity contribution in [2.24, 2.45) is 0 Å². The first-order valence-electron chi connectivity index (χ1n) is 9.68. The van der Waals surface area contributed by atoms with Crippen LogP contribution in [0.1, 0.15) is 23.6 Å². The van der Waals surface area contributed by atoms with Gasteiger partial charge < -0.3 is 10.1 Å². The Morgan fingerprint density at radius 2 is 1.84 bits per heavy atom. The van der Waals surface area contributed by atoms with E-state index in [2.05, 4.69) is 37.2 Å². The van der Waals surface area contributed by atoms with E-state index in [0.29, 0.717) is 18.0 Å². The number of hydrogen-bond acceptors (Lipinski definition) is 3. The van der Waals surface area contributed by atoms with E-state index < -0.39 is 5.91 Å². The van der Waals surface area contributed by atoms with Crippen LogP contribution in [0.5, 0.6) is 5.75 Å². The Morgan fingerprint density at radius 1 is 1.10 bits per heavy atom. The van der Waals surface area contributed by atoms with E-state index >= 15 is 0 Å². The van der Waals surface area contributed by atoms with E-state index in [1.165, 1.54) is 0 Å². The summed E-state index contributed by atoms with van der Waals surface area (Å²) in [5, 5.41) is 12.3. The number of halogens is 2. The number of rotatable bonds is 7. The van der Waals surface area contributed by atoms with Crippen molar-refractivity contribution in [3.05, 3.63) is 97.9 Å². The van der Waals surface area contributed by atoms with Gasteiger partial charge in [0.15, 0.2) is 0 Å². The van der Waals surface area contributed by atoms with Crippen molar-refractivity contribution >= 4 is 49.5 Å². The van der Waals surface area contributed by atoms with E-state index in [-0.39, 0.29) is 5.57 Å². The fourth-order valence-corrected chi connectivity index (χ4v) is 3.70. The predicted molar refractivity (Wildman–Crippen MR) is 131 cm³/mol. The lowest BCUT2D eigenvalue weighted by Crippen LogP contribution is -2.14. The molecule has 3 aromatic carbocycles. The van der Waals surface area contributed by atoms with Crippen molar-refractivity contribution < 1.29 is 9.53 Å². The zero-order chi connectivity index (χ0) is 22.2. The number of ether oxygens (including phenoxy) is 1. The minimum atomic E-state index is -0.435. The number of carbonyl (C=O) groups is 1. The van der Waals surface area contributed by atoms with E-state index in [1.807, 2.05) is 79.7 Å². The second kappa shape index (κ2) is 10.9. The Labute approximate surface area is 198 Å². The molecule has 0 unspecified atom stereocenters. The molecule has 1 amide bonds. The minimum absolute atomic E-state index is 0.0290. The van der Waals surface area contributed by atoms with Gasteiger partial charge in [-0.2, -0.15) is 5.26 Å². The number of para-hydroxylation sites is 1. The molecule has 3 rings (SSSR count). The molecule has 0 heterocycles. The second-order valence-corrected chi connectivity index (χ2v) is 8.51. The molecule has 1 N–H and O–H groups in total. The molecule has 0 saturated heterocycles. The number of anilines is 1. The van der Waals surface area contributed by atoms with Gasteiger partial charge in [0.25, 0.3) is 5.91 Å². The Bertz CT molecular complexity index is 1150. The molecule has 0 spiro atoms. The topological polar surface area (TPSA) is 62.1 Å². The van der Waals surface area contributed by atoms with Gasteiger partial charge in [0.2, 0.25) is 0 Å². The molecule has 0 aliphatic heterocycles. The Balaban J connectivity index is 1.72. The number of amides is 1. The van der Waals surface area contributed by atoms with Gasteiger partial charge in [-0.1, -0.05) is 59.3 Å². The Morgan fingerprint density at radius 3 is 2.52 bits per heavy atom. The third-order valence-corrected chi connectivity index (χ3v) is 5.73. The van der Waals surface area contributed by atoms with Crippen LogP contribution in [0.3, 0.4) is 0 Å². The first-order chi connectivity index (χ1) is 15.0. The van der Waals surface area contributed by atoms with Gasteiger partial charge in [-0.15, -0.1) is 0 Å². The second-order valence-electron chi connectivity index (χ2n) is 6.74. The molecule has 0 aromatic heterocycles. The van der Waals surface area contributed by atoms with Gasteiger partial charge in [-0.05, 0) is 75.4 Å². The molecule has 0 radical (unpaired) electrons. The molecule has 4 nitrogen and oxygen atoms in total. The van der Waals surface area contributed by atoms with Gasteiger partial charge in [-0.25, -0.2) is 0 Å². The largest absolute Gasteiger partial charge is 0.488 e. The average Bonchev–Trinajstić information content (AvgIpc) is 2.78.